The average molecular weight is 477 g/mol. The average Bonchev–Trinajstić information content (AvgIpc) is 3.42. The van der Waals surface area contributed by atoms with Gasteiger partial charge in [-0.2, -0.15) is 10.2 Å². The van der Waals surface area contributed by atoms with Crippen LogP contribution in [-0.2, 0) is 20.6 Å². The van der Waals surface area contributed by atoms with Gasteiger partial charge >= 0.3 is 0 Å². The van der Waals surface area contributed by atoms with E-state index in [-0.39, 0.29) is 34.8 Å². The maximum atomic E-state index is 13.1. The van der Waals surface area contributed by atoms with Gasteiger partial charge in [-0.15, -0.1) is 0 Å². The lowest BCUT2D eigenvalue weighted by atomic mass is 9.98. The smallest absolute Gasteiger partial charge is 0.271 e. The lowest BCUT2D eigenvalue weighted by Crippen LogP contribution is -2.27. The molecule has 9 nitrogen and oxygen atoms in total. The van der Waals surface area contributed by atoms with E-state index in [1.807, 2.05) is 0 Å². The van der Waals surface area contributed by atoms with Crippen LogP contribution in [0.3, 0.4) is 0 Å². The van der Waals surface area contributed by atoms with Gasteiger partial charge in [-0.05, 0) is 30.3 Å². The van der Waals surface area contributed by atoms with E-state index in [1.165, 1.54) is 10.9 Å². The molecule has 2 heterocycles. The summed E-state index contributed by atoms with van der Waals surface area (Å²) in [4.78, 5) is 39.0. The van der Waals surface area contributed by atoms with Crippen molar-refractivity contribution in [2.24, 2.45) is 14.1 Å². The van der Waals surface area contributed by atoms with E-state index in [1.54, 1.807) is 79.7 Å². The Labute approximate surface area is 200 Å². The molecule has 2 aromatic carbocycles. The minimum Gasteiger partial charge on any atom is -0.346 e. The van der Waals surface area contributed by atoms with Crippen molar-refractivity contribution in [3.05, 3.63) is 100 Å². The van der Waals surface area contributed by atoms with Crippen molar-refractivity contribution in [3.63, 3.8) is 0 Å². The lowest BCUT2D eigenvalue weighted by molar-refractivity contribution is 0.0941. The van der Waals surface area contributed by atoms with Crippen LogP contribution in [0.25, 0.3) is 0 Å². The Kier molecular flexibility index (Phi) is 6.55. The molecule has 0 aliphatic heterocycles. The summed E-state index contributed by atoms with van der Waals surface area (Å²) < 4.78 is 3.01. The van der Waals surface area contributed by atoms with Gasteiger partial charge in [0.25, 0.3) is 11.8 Å². The predicted molar refractivity (Wildman–Crippen MR) is 127 cm³/mol. The number of amides is 2. The molecule has 4 aromatic rings. The summed E-state index contributed by atoms with van der Waals surface area (Å²) in [6.07, 6.45) is 4.84. The van der Waals surface area contributed by atoms with Crippen LogP contribution >= 0.6 is 11.6 Å². The molecule has 0 unspecified atom stereocenters. The maximum absolute atomic E-state index is 13.1. The fourth-order valence-corrected chi connectivity index (χ4v) is 3.58. The van der Waals surface area contributed by atoms with E-state index in [2.05, 4.69) is 20.8 Å². The van der Waals surface area contributed by atoms with Crippen LogP contribution in [0.4, 0.5) is 5.69 Å². The number of halogens is 1. The van der Waals surface area contributed by atoms with Crippen molar-refractivity contribution in [2.75, 3.05) is 5.32 Å². The van der Waals surface area contributed by atoms with Gasteiger partial charge in [0.1, 0.15) is 5.69 Å². The Morgan fingerprint density at radius 1 is 0.912 bits per heavy atom. The highest BCUT2D eigenvalue weighted by Gasteiger charge is 2.22. The Hall–Kier alpha value is -4.24. The number of nitrogens with zero attached hydrogens (tertiary/aromatic N) is 4. The second-order valence-electron chi connectivity index (χ2n) is 7.57. The second-order valence-corrected chi connectivity index (χ2v) is 8.01. The number of nitrogens with one attached hydrogen (secondary N) is 2. The third-order valence-corrected chi connectivity index (χ3v) is 5.39. The zero-order valence-electron chi connectivity index (χ0n) is 18.4. The molecule has 0 aliphatic carbocycles. The quantitative estimate of drug-likeness (QED) is 0.398. The molecule has 0 saturated heterocycles. The minimum atomic E-state index is -0.535. The summed E-state index contributed by atoms with van der Waals surface area (Å²) in [5, 5.41) is 14.2. The molecular formula is C24H21ClN6O3. The predicted octanol–water partition coefficient (Wildman–Crippen LogP) is 3.22. The first-order valence-electron chi connectivity index (χ1n) is 10.3. The highest BCUT2D eigenvalue weighted by molar-refractivity contribution is 6.30. The van der Waals surface area contributed by atoms with Gasteiger partial charge in [-0.3, -0.25) is 23.7 Å². The molecule has 0 spiro atoms. The first-order chi connectivity index (χ1) is 16.3. The Balaban J connectivity index is 1.54. The molecule has 10 heteroatoms. The number of rotatable bonds is 7. The number of anilines is 1. The highest BCUT2D eigenvalue weighted by Crippen LogP contribution is 2.20. The fourth-order valence-electron chi connectivity index (χ4n) is 3.45. The number of ketones is 1. The van der Waals surface area contributed by atoms with Crippen molar-refractivity contribution in [1.82, 2.24) is 24.9 Å². The van der Waals surface area contributed by atoms with Crippen molar-refractivity contribution in [2.45, 2.75) is 6.54 Å². The standard InChI is InChI=1S/C24H21ClN6O3/c1-30-14-15(12-27-30)11-26-24(34)21-20(13-28-31(21)2)29-23(33)19-6-4-3-5-18(19)22(32)16-7-9-17(25)10-8-16/h3-10,12-14H,11H2,1-2H3,(H,26,34)(H,29,33). The van der Waals surface area contributed by atoms with Crippen molar-refractivity contribution in [1.29, 1.82) is 0 Å². The third kappa shape index (κ3) is 4.89. The van der Waals surface area contributed by atoms with E-state index in [9.17, 15) is 14.4 Å². The first-order valence-corrected chi connectivity index (χ1v) is 10.7. The van der Waals surface area contributed by atoms with Crippen LogP contribution in [0.2, 0.25) is 5.02 Å². The Morgan fingerprint density at radius 2 is 1.62 bits per heavy atom. The number of benzene rings is 2. The first kappa shape index (κ1) is 22.9. The minimum absolute atomic E-state index is 0.174. The number of aryl methyl sites for hydroxylation is 2. The van der Waals surface area contributed by atoms with Gasteiger partial charge < -0.3 is 10.6 Å². The summed E-state index contributed by atoms with van der Waals surface area (Å²) in [5.74, 6) is -1.26. The van der Waals surface area contributed by atoms with Gasteiger partial charge in [-0.25, -0.2) is 0 Å². The monoisotopic (exact) mass is 476 g/mol. The molecule has 0 aliphatic rings. The van der Waals surface area contributed by atoms with Crippen LogP contribution in [0, 0.1) is 0 Å². The van der Waals surface area contributed by atoms with Gasteiger partial charge in [-0.1, -0.05) is 29.8 Å². The van der Waals surface area contributed by atoms with Gasteiger partial charge in [0.2, 0.25) is 0 Å². The topological polar surface area (TPSA) is 111 Å². The maximum Gasteiger partial charge on any atom is 0.271 e. The largest absolute Gasteiger partial charge is 0.346 e. The van der Waals surface area contributed by atoms with E-state index in [0.29, 0.717) is 10.6 Å². The normalized spacial score (nSPS) is 10.7. The van der Waals surface area contributed by atoms with Crippen LogP contribution < -0.4 is 10.6 Å². The molecule has 0 radical (unpaired) electrons. The second kappa shape index (κ2) is 9.72. The van der Waals surface area contributed by atoms with Crippen molar-refractivity contribution < 1.29 is 14.4 Å². The van der Waals surface area contributed by atoms with Crippen LogP contribution in [0.5, 0.6) is 0 Å². The molecule has 2 aromatic heterocycles. The Bertz CT molecular complexity index is 1370. The molecule has 0 saturated carbocycles. The van der Waals surface area contributed by atoms with Crippen molar-refractivity contribution >= 4 is 34.9 Å². The molecule has 0 atom stereocenters. The lowest BCUT2D eigenvalue weighted by Gasteiger charge is -2.11. The van der Waals surface area contributed by atoms with Crippen LogP contribution in [0.1, 0.15) is 42.3 Å². The molecule has 4 rings (SSSR count). The number of carbonyl (C=O) groups is 3. The molecule has 0 fully saturated rings. The molecule has 172 valence electrons. The molecule has 2 amide bonds. The van der Waals surface area contributed by atoms with Gasteiger partial charge in [0.15, 0.2) is 5.78 Å². The number of carbonyl (C=O) groups excluding carboxylic acids is 3. The van der Waals surface area contributed by atoms with Crippen LogP contribution in [-0.4, -0.2) is 37.2 Å². The van der Waals surface area contributed by atoms with Gasteiger partial charge in [0.05, 0.1) is 23.6 Å². The third-order valence-electron chi connectivity index (χ3n) is 5.14. The summed E-state index contributed by atoms with van der Waals surface area (Å²) >= 11 is 5.91. The highest BCUT2D eigenvalue weighted by atomic mass is 35.5. The fraction of sp³-hybridized carbons (Fsp3) is 0.125. The summed E-state index contributed by atoms with van der Waals surface area (Å²) in [5.41, 5.74) is 2.05. The van der Waals surface area contributed by atoms with Crippen LogP contribution in [0.15, 0.2) is 67.1 Å². The Morgan fingerprint density at radius 3 is 2.29 bits per heavy atom. The summed E-state index contributed by atoms with van der Waals surface area (Å²) in [6.45, 7) is 0.268. The van der Waals surface area contributed by atoms with E-state index in [4.69, 9.17) is 11.6 Å². The molecular weight excluding hydrogens is 456 g/mol. The number of aromatic nitrogens is 4. The van der Waals surface area contributed by atoms with Crippen molar-refractivity contribution in [3.8, 4) is 0 Å². The number of hydrogen-bond acceptors (Lipinski definition) is 5. The molecule has 34 heavy (non-hydrogen) atoms. The molecule has 0 bridgehead atoms. The summed E-state index contributed by atoms with van der Waals surface area (Å²) in [6, 6.07) is 12.9. The van der Waals surface area contributed by atoms with E-state index in [0.717, 1.165) is 5.56 Å². The van der Waals surface area contributed by atoms with E-state index >= 15 is 0 Å². The van der Waals surface area contributed by atoms with Gasteiger partial charge in [0, 0.05) is 48.5 Å². The zero-order chi connectivity index (χ0) is 24.2. The summed E-state index contributed by atoms with van der Waals surface area (Å²) in [7, 11) is 3.39. The number of hydrogen-bond donors (Lipinski definition) is 2. The van der Waals surface area contributed by atoms with E-state index < -0.39 is 11.8 Å². The zero-order valence-corrected chi connectivity index (χ0v) is 19.2. The SMILES string of the molecule is Cn1cc(CNC(=O)c2c(NC(=O)c3ccccc3C(=O)c3ccc(Cl)cc3)cnn2C)cn1. The molecule has 2 N–H and O–H groups in total.